The van der Waals surface area contributed by atoms with Crippen LogP contribution in [0.4, 0.5) is 0 Å². The van der Waals surface area contributed by atoms with E-state index in [1.807, 2.05) is 0 Å². The molecule has 11 heavy (non-hydrogen) atoms. The zero-order valence-electron chi connectivity index (χ0n) is 7.47. The number of hydrogen-bond acceptors (Lipinski definition) is 2. The van der Waals surface area contributed by atoms with Crippen molar-refractivity contribution < 1.29 is 4.79 Å². The molecule has 0 atom stereocenters. The maximum absolute atomic E-state index is 10.4. The molecule has 0 aliphatic heterocycles. The molecule has 0 aromatic rings. The van der Waals surface area contributed by atoms with Gasteiger partial charge < -0.3 is 10.6 Å². The van der Waals surface area contributed by atoms with Crippen molar-refractivity contribution in [1.29, 1.82) is 0 Å². The van der Waals surface area contributed by atoms with Crippen LogP contribution in [0.1, 0.15) is 26.7 Å². The number of nitrogens with zero attached hydrogens (tertiary/aromatic N) is 1. The molecule has 0 saturated heterocycles. The summed E-state index contributed by atoms with van der Waals surface area (Å²) in [5, 5.41) is 0. The van der Waals surface area contributed by atoms with Crippen molar-refractivity contribution in [2.45, 2.75) is 26.7 Å². The van der Waals surface area contributed by atoms with Crippen LogP contribution in [0, 0.1) is 0 Å². The molecule has 0 radical (unpaired) electrons. The van der Waals surface area contributed by atoms with E-state index in [2.05, 4.69) is 18.7 Å². The van der Waals surface area contributed by atoms with E-state index in [4.69, 9.17) is 5.73 Å². The first-order chi connectivity index (χ1) is 5.20. The summed E-state index contributed by atoms with van der Waals surface area (Å²) in [4.78, 5) is 12.6. The van der Waals surface area contributed by atoms with E-state index in [-0.39, 0.29) is 5.91 Å². The van der Waals surface area contributed by atoms with Crippen LogP contribution in [0.15, 0.2) is 0 Å². The Bertz CT molecular complexity index is 111. The van der Waals surface area contributed by atoms with Crippen molar-refractivity contribution in [2.75, 3.05) is 19.6 Å². The Kier molecular flexibility index (Phi) is 5.84. The summed E-state index contributed by atoms with van der Waals surface area (Å²) in [5.74, 6) is -0.197. The summed E-state index contributed by atoms with van der Waals surface area (Å²) in [6.45, 7) is 7.32. The molecular weight excluding hydrogens is 140 g/mol. The first-order valence-electron chi connectivity index (χ1n) is 4.21. The molecule has 0 bridgehead atoms. The first kappa shape index (κ1) is 10.4. The van der Waals surface area contributed by atoms with Crippen LogP contribution in [0.5, 0.6) is 0 Å². The van der Waals surface area contributed by atoms with Gasteiger partial charge in [0.1, 0.15) is 0 Å². The van der Waals surface area contributed by atoms with Crippen molar-refractivity contribution in [3.05, 3.63) is 0 Å². The minimum atomic E-state index is -0.197. The summed E-state index contributed by atoms with van der Waals surface area (Å²) < 4.78 is 0. The molecule has 0 unspecified atom stereocenters. The SMILES string of the molecule is CCN(CC)CCCC(N)=O. The van der Waals surface area contributed by atoms with Crippen molar-refractivity contribution in [3.8, 4) is 0 Å². The van der Waals surface area contributed by atoms with Crippen LogP contribution in [0.3, 0.4) is 0 Å². The molecule has 3 heteroatoms. The van der Waals surface area contributed by atoms with Gasteiger partial charge in [-0.3, -0.25) is 4.79 Å². The fourth-order valence-electron chi connectivity index (χ4n) is 1.02. The summed E-state index contributed by atoms with van der Waals surface area (Å²) in [5.41, 5.74) is 5.00. The lowest BCUT2D eigenvalue weighted by Gasteiger charge is -2.16. The van der Waals surface area contributed by atoms with E-state index in [9.17, 15) is 4.79 Å². The molecule has 1 amide bonds. The molecule has 0 aromatic heterocycles. The third kappa shape index (κ3) is 5.85. The van der Waals surface area contributed by atoms with Gasteiger partial charge in [0.2, 0.25) is 5.91 Å². The third-order valence-corrected chi connectivity index (χ3v) is 1.79. The fourth-order valence-corrected chi connectivity index (χ4v) is 1.02. The molecule has 0 saturated carbocycles. The van der Waals surface area contributed by atoms with Gasteiger partial charge in [0.15, 0.2) is 0 Å². The Balaban J connectivity index is 3.28. The largest absolute Gasteiger partial charge is 0.370 e. The number of carbonyl (C=O) groups is 1. The van der Waals surface area contributed by atoms with Gasteiger partial charge in [0, 0.05) is 6.42 Å². The Labute approximate surface area is 68.6 Å². The third-order valence-electron chi connectivity index (χ3n) is 1.79. The highest BCUT2D eigenvalue weighted by Crippen LogP contribution is 1.93. The number of carbonyl (C=O) groups excluding carboxylic acids is 1. The lowest BCUT2D eigenvalue weighted by atomic mass is 10.3. The molecule has 0 aliphatic carbocycles. The highest BCUT2D eigenvalue weighted by Gasteiger charge is 1.99. The summed E-state index contributed by atoms with van der Waals surface area (Å²) in [6.07, 6.45) is 1.40. The quantitative estimate of drug-likeness (QED) is 0.615. The monoisotopic (exact) mass is 158 g/mol. The average Bonchev–Trinajstić information content (AvgIpc) is 1.98. The highest BCUT2D eigenvalue weighted by molar-refractivity contribution is 5.73. The highest BCUT2D eigenvalue weighted by atomic mass is 16.1. The van der Waals surface area contributed by atoms with Gasteiger partial charge in [-0.15, -0.1) is 0 Å². The summed E-state index contributed by atoms with van der Waals surface area (Å²) in [6, 6.07) is 0. The van der Waals surface area contributed by atoms with Gasteiger partial charge in [-0.1, -0.05) is 13.8 Å². The van der Waals surface area contributed by atoms with Crippen LogP contribution in [0.25, 0.3) is 0 Å². The topological polar surface area (TPSA) is 46.3 Å². The van der Waals surface area contributed by atoms with Crippen LogP contribution in [-0.4, -0.2) is 30.4 Å². The molecule has 2 N–H and O–H groups in total. The molecule has 66 valence electrons. The molecule has 0 heterocycles. The molecule has 0 aliphatic rings. The molecule has 0 rings (SSSR count). The van der Waals surface area contributed by atoms with Crippen LogP contribution >= 0.6 is 0 Å². The maximum atomic E-state index is 10.4. The second-order valence-electron chi connectivity index (χ2n) is 2.60. The second-order valence-corrected chi connectivity index (χ2v) is 2.60. The van der Waals surface area contributed by atoms with Crippen LogP contribution in [-0.2, 0) is 4.79 Å². The average molecular weight is 158 g/mol. The minimum Gasteiger partial charge on any atom is -0.370 e. The predicted octanol–water partition coefficient (Wildman–Crippen LogP) is 0.594. The normalized spacial score (nSPS) is 10.5. The summed E-state index contributed by atoms with van der Waals surface area (Å²) in [7, 11) is 0. The van der Waals surface area contributed by atoms with Crippen molar-refractivity contribution >= 4 is 5.91 Å². The Morgan fingerprint density at radius 2 is 1.91 bits per heavy atom. The van der Waals surface area contributed by atoms with E-state index in [1.165, 1.54) is 0 Å². The van der Waals surface area contributed by atoms with Crippen molar-refractivity contribution in [2.24, 2.45) is 5.73 Å². The van der Waals surface area contributed by atoms with E-state index >= 15 is 0 Å². The molecule has 0 fully saturated rings. The molecule has 3 nitrogen and oxygen atoms in total. The molecule has 0 spiro atoms. The zero-order chi connectivity index (χ0) is 8.69. The van der Waals surface area contributed by atoms with E-state index in [0.29, 0.717) is 6.42 Å². The Hall–Kier alpha value is -0.570. The summed E-state index contributed by atoms with van der Waals surface area (Å²) >= 11 is 0. The molecular formula is C8H18N2O. The van der Waals surface area contributed by atoms with E-state index < -0.39 is 0 Å². The Morgan fingerprint density at radius 1 is 1.36 bits per heavy atom. The number of primary amides is 1. The fraction of sp³-hybridized carbons (Fsp3) is 0.875. The molecule has 0 aromatic carbocycles. The van der Waals surface area contributed by atoms with Crippen LogP contribution < -0.4 is 5.73 Å². The first-order valence-corrected chi connectivity index (χ1v) is 4.21. The number of nitrogens with two attached hydrogens (primary N) is 1. The van der Waals surface area contributed by atoms with Gasteiger partial charge in [0.05, 0.1) is 0 Å². The maximum Gasteiger partial charge on any atom is 0.217 e. The Morgan fingerprint density at radius 3 is 2.27 bits per heavy atom. The minimum absolute atomic E-state index is 0.197. The van der Waals surface area contributed by atoms with Gasteiger partial charge in [-0.05, 0) is 26.1 Å². The number of amides is 1. The number of rotatable bonds is 6. The zero-order valence-corrected chi connectivity index (χ0v) is 7.47. The predicted molar refractivity (Wildman–Crippen MR) is 46.2 cm³/mol. The lowest BCUT2D eigenvalue weighted by molar-refractivity contribution is -0.118. The smallest absolute Gasteiger partial charge is 0.217 e. The van der Waals surface area contributed by atoms with Gasteiger partial charge in [-0.25, -0.2) is 0 Å². The van der Waals surface area contributed by atoms with E-state index in [0.717, 1.165) is 26.1 Å². The van der Waals surface area contributed by atoms with Gasteiger partial charge in [-0.2, -0.15) is 0 Å². The van der Waals surface area contributed by atoms with Crippen LogP contribution in [0.2, 0.25) is 0 Å². The lowest BCUT2D eigenvalue weighted by Crippen LogP contribution is -2.25. The van der Waals surface area contributed by atoms with Crippen molar-refractivity contribution in [3.63, 3.8) is 0 Å². The van der Waals surface area contributed by atoms with Gasteiger partial charge in [0.25, 0.3) is 0 Å². The standard InChI is InChI=1S/C8H18N2O/c1-3-10(4-2)7-5-6-8(9)11/h3-7H2,1-2H3,(H2,9,11). The number of hydrogen-bond donors (Lipinski definition) is 1. The van der Waals surface area contributed by atoms with Crippen molar-refractivity contribution in [1.82, 2.24) is 4.90 Å². The van der Waals surface area contributed by atoms with E-state index in [1.54, 1.807) is 0 Å². The van der Waals surface area contributed by atoms with Gasteiger partial charge >= 0.3 is 0 Å². The second kappa shape index (κ2) is 6.16.